The van der Waals surface area contributed by atoms with Gasteiger partial charge in [0.2, 0.25) is 11.7 Å². The molecule has 5 aromatic rings. The number of ether oxygens (including phenoxy) is 1. The zero-order valence-electron chi connectivity index (χ0n) is 17.7. The molecular formula is C20H22N10O. The smallest absolute Gasteiger partial charge is 0.218 e. The van der Waals surface area contributed by atoms with Crippen molar-refractivity contribution >= 4 is 17.2 Å². The van der Waals surface area contributed by atoms with E-state index in [-0.39, 0.29) is 0 Å². The monoisotopic (exact) mass is 418 g/mol. The molecule has 2 N–H and O–H groups in total. The lowest BCUT2D eigenvalue weighted by Gasteiger charge is -2.09. The molecule has 0 bridgehead atoms. The lowest BCUT2D eigenvalue weighted by atomic mass is 10.1. The first-order chi connectivity index (χ1) is 15.0. The Kier molecular flexibility index (Phi) is 4.42. The first-order valence-corrected chi connectivity index (χ1v) is 9.86. The van der Waals surface area contributed by atoms with Gasteiger partial charge >= 0.3 is 0 Å². The average molecular weight is 418 g/mol. The molecule has 5 rings (SSSR count). The molecule has 0 saturated carbocycles. The van der Waals surface area contributed by atoms with Crippen LogP contribution in [0.1, 0.15) is 12.5 Å². The molecule has 0 unspecified atom stereocenters. The summed E-state index contributed by atoms with van der Waals surface area (Å²) >= 11 is 0. The molecule has 0 fully saturated rings. The van der Waals surface area contributed by atoms with Crippen LogP contribution in [0.3, 0.4) is 0 Å². The third-order valence-electron chi connectivity index (χ3n) is 5.00. The van der Waals surface area contributed by atoms with Crippen molar-refractivity contribution in [3.63, 3.8) is 0 Å². The molecule has 0 saturated heterocycles. The summed E-state index contributed by atoms with van der Waals surface area (Å²) in [6.45, 7) is 4.50. The van der Waals surface area contributed by atoms with E-state index in [9.17, 15) is 0 Å². The predicted molar refractivity (Wildman–Crippen MR) is 115 cm³/mol. The molecule has 0 amide bonds. The zero-order chi connectivity index (χ0) is 21.5. The van der Waals surface area contributed by atoms with Gasteiger partial charge < -0.3 is 14.6 Å². The highest BCUT2D eigenvalue weighted by atomic mass is 16.5. The van der Waals surface area contributed by atoms with Crippen molar-refractivity contribution < 1.29 is 4.74 Å². The van der Waals surface area contributed by atoms with Crippen LogP contribution in [0.25, 0.3) is 28.4 Å². The molecule has 0 aromatic carbocycles. The van der Waals surface area contributed by atoms with E-state index < -0.39 is 0 Å². The Morgan fingerprint density at radius 3 is 2.77 bits per heavy atom. The number of hydrogen-bond acceptors (Lipinski definition) is 7. The fraction of sp³-hybridized carbons (Fsp3) is 0.250. The van der Waals surface area contributed by atoms with Gasteiger partial charge in [-0.3, -0.25) is 4.68 Å². The van der Waals surface area contributed by atoms with Crippen molar-refractivity contribution in [1.29, 1.82) is 0 Å². The van der Waals surface area contributed by atoms with Gasteiger partial charge in [-0.1, -0.05) is 0 Å². The Morgan fingerprint density at radius 1 is 1.19 bits per heavy atom. The second kappa shape index (κ2) is 7.27. The summed E-state index contributed by atoms with van der Waals surface area (Å²) in [5.41, 5.74) is 3.69. The molecule has 0 spiro atoms. The Bertz CT molecular complexity index is 1370. The second-order valence-electron chi connectivity index (χ2n) is 7.16. The molecule has 158 valence electrons. The van der Waals surface area contributed by atoms with Gasteiger partial charge in [-0.25, -0.2) is 19.6 Å². The van der Waals surface area contributed by atoms with Gasteiger partial charge in [-0.15, -0.1) is 5.10 Å². The maximum absolute atomic E-state index is 5.48. The largest absolute Gasteiger partial charge is 0.478 e. The minimum absolute atomic E-state index is 0.491. The number of imidazole rings is 1. The maximum Gasteiger partial charge on any atom is 0.218 e. The first kappa shape index (κ1) is 18.9. The topological polar surface area (TPSA) is 116 Å². The Labute approximate surface area is 177 Å². The van der Waals surface area contributed by atoms with E-state index >= 15 is 0 Å². The molecule has 31 heavy (non-hydrogen) atoms. The molecule has 5 heterocycles. The highest BCUT2D eigenvalue weighted by molar-refractivity contribution is 5.84. The summed E-state index contributed by atoms with van der Waals surface area (Å²) in [6.07, 6.45) is 7.46. The van der Waals surface area contributed by atoms with Crippen LogP contribution < -0.4 is 10.1 Å². The summed E-state index contributed by atoms with van der Waals surface area (Å²) in [4.78, 5) is 9.18. The third-order valence-corrected chi connectivity index (χ3v) is 5.00. The number of nitrogens with one attached hydrogen (secondary N) is 2. The van der Waals surface area contributed by atoms with Crippen molar-refractivity contribution in [2.75, 3.05) is 11.9 Å². The van der Waals surface area contributed by atoms with Crippen molar-refractivity contribution in [2.45, 2.75) is 13.8 Å². The zero-order valence-corrected chi connectivity index (χ0v) is 17.7. The van der Waals surface area contributed by atoms with E-state index in [4.69, 9.17) is 14.8 Å². The lowest BCUT2D eigenvalue weighted by molar-refractivity contribution is 0.326. The van der Waals surface area contributed by atoms with Gasteiger partial charge in [0.25, 0.3) is 0 Å². The van der Waals surface area contributed by atoms with Gasteiger partial charge in [0.15, 0.2) is 17.5 Å². The van der Waals surface area contributed by atoms with E-state index in [2.05, 4.69) is 25.6 Å². The number of nitrogens with zero attached hydrogens (tertiary/aromatic N) is 8. The maximum atomic E-state index is 5.48. The molecular weight excluding hydrogens is 396 g/mol. The lowest BCUT2D eigenvalue weighted by Crippen LogP contribution is -2.06. The van der Waals surface area contributed by atoms with Crippen LogP contribution in [-0.2, 0) is 14.1 Å². The number of aromatic nitrogens is 9. The number of hydrogen-bond donors (Lipinski definition) is 2. The number of fused-ring (bicyclic) bond motifs is 1. The SMILES string of the molecule is CCOc1cc(Nc2nc(-c3nccn3C)nn3cc(-c4ccn(C)n4)c(C)c23)n[nH]1. The van der Waals surface area contributed by atoms with Gasteiger partial charge in [-0.05, 0) is 25.5 Å². The highest BCUT2D eigenvalue weighted by Crippen LogP contribution is 2.32. The first-order valence-electron chi connectivity index (χ1n) is 9.86. The quantitative estimate of drug-likeness (QED) is 0.435. The molecule has 0 atom stereocenters. The molecule has 0 radical (unpaired) electrons. The van der Waals surface area contributed by atoms with Crippen LogP contribution in [0.2, 0.25) is 0 Å². The molecule has 5 aromatic heterocycles. The normalized spacial score (nSPS) is 11.4. The molecule has 11 nitrogen and oxygen atoms in total. The van der Waals surface area contributed by atoms with Gasteiger partial charge in [0, 0.05) is 50.5 Å². The van der Waals surface area contributed by atoms with Gasteiger partial charge in [0.1, 0.15) is 5.52 Å². The second-order valence-corrected chi connectivity index (χ2v) is 7.16. The Morgan fingerprint density at radius 2 is 2.06 bits per heavy atom. The van der Waals surface area contributed by atoms with Crippen molar-refractivity contribution in [1.82, 2.24) is 44.1 Å². The number of aryl methyl sites for hydroxylation is 3. The van der Waals surface area contributed by atoms with E-state index in [0.717, 1.165) is 22.3 Å². The standard InChI is InChI=1S/C20H22N10O/c1-5-31-16-10-15(24-25-16)22-18-17-12(2)13(14-6-8-29(4)26-14)11-30(17)27-19(23-18)20-21-7-9-28(20)3/h6-11H,5H2,1-4H3,(H2,22,23,24,25,27). The minimum Gasteiger partial charge on any atom is -0.478 e. The minimum atomic E-state index is 0.491. The summed E-state index contributed by atoms with van der Waals surface area (Å²) in [5.74, 6) is 2.94. The molecule has 0 aliphatic rings. The molecule has 0 aliphatic heterocycles. The predicted octanol–water partition coefficient (Wildman–Crippen LogP) is 2.70. The van der Waals surface area contributed by atoms with E-state index in [1.165, 1.54) is 0 Å². The van der Waals surface area contributed by atoms with E-state index in [0.29, 0.717) is 35.8 Å². The van der Waals surface area contributed by atoms with Crippen LogP contribution in [0.15, 0.2) is 36.9 Å². The third kappa shape index (κ3) is 3.29. The van der Waals surface area contributed by atoms with Gasteiger partial charge in [0.05, 0.1) is 12.3 Å². The molecule has 0 aliphatic carbocycles. The van der Waals surface area contributed by atoms with Crippen LogP contribution in [0, 0.1) is 6.92 Å². The van der Waals surface area contributed by atoms with Crippen LogP contribution in [0.4, 0.5) is 11.6 Å². The fourth-order valence-electron chi connectivity index (χ4n) is 3.53. The van der Waals surface area contributed by atoms with E-state index in [1.807, 2.05) is 61.7 Å². The van der Waals surface area contributed by atoms with Crippen molar-refractivity contribution in [3.8, 4) is 28.8 Å². The summed E-state index contributed by atoms with van der Waals surface area (Å²) in [5, 5.41) is 19.7. The van der Waals surface area contributed by atoms with Crippen molar-refractivity contribution in [2.24, 2.45) is 14.1 Å². The summed E-state index contributed by atoms with van der Waals surface area (Å²) in [6, 6.07) is 3.77. The number of anilines is 2. The fourth-order valence-corrected chi connectivity index (χ4v) is 3.53. The summed E-state index contributed by atoms with van der Waals surface area (Å²) < 4.78 is 10.9. The number of rotatable bonds is 6. The highest BCUT2D eigenvalue weighted by Gasteiger charge is 2.20. The number of H-pyrrole nitrogens is 1. The van der Waals surface area contributed by atoms with Crippen LogP contribution in [-0.4, -0.2) is 50.7 Å². The number of aromatic amines is 1. The van der Waals surface area contributed by atoms with Crippen LogP contribution >= 0.6 is 0 Å². The van der Waals surface area contributed by atoms with Crippen molar-refractivity contribution in [3.05, 3.63) is 42.5 Å². The van der Waals surface area contributed by atoms with Gasteiger partial charge in [-0.2, -0.15) is 10.2 Å². The Hall–Kier alpha value is -4.15. The van der Waals surface area contributed by atoms with E-state index in [1.54, 1.807) is 16.9 Å². The average Bonchev–Trinajstić information content (AvgIpc) is 3.51. The summed E-state index contributed by atoms with van der Waals surface area (Å²) in [7, 11) is 3.80. The molecule has 11 heteroatoms. The Balaban J connectivity index is 1.68. The van der Waals surface area contributed by atoms with Crippen LogP contribution in [0.5, 0.6) is 5.88 Å².